The van der Waals surface area contributed by atoms with Crippen molar-refractivity contribution in [1.29, 1.82) is 0 Å². The second kappa shape index (κ2) is 3.47. The van der Waals surface area contributed by atoms with Crippen LogP contribution in [-0.4, -0.2) is 11.8 Å². The highest BCUT2D eigenvalue weighted by Crippen LogP contribution is 2.23. The van der Waals surface area contributed by atoms with Gasteiger partial charge in [-0.15, -0.1) is 0 Å². The van der Waals surface area contributed by atoms with E-state index in [9.17, 15) is 0 Å². The van der Waals surface area contributed by atoms with Crippen LogP contribution >= 0.6 is 12.6 Å². The maximum atomic E-state index is 5.84. The summed E-state index contributed by atoms with van der Waals surface area (Å²) in [5, 5.41) is 0. The molecule has 0 bridgehead atoms. The topological polar surface area (TPSA) is 26.0 Å². The summed E-state index contributed by atoms with van der Waals surface area (Å²) in [6.07, 6.45) is 5.19. The first-order valence-corrected chi connectivity index (χ1v) is 4.34. The highest BCUT2D eigenvalue weighted by Gasteiger charge is 2.19. The molecule has 1 aliphatic carbocycles. The zero-order chi connectivity index (χ0) is 6.69. The van der Waals surface area contributed by atoms with Crippen LogP contribution in [0.3, 0.4) is 0 Å². The third kappa shape index (κ3) is 1.87. The molecule has 9 heavy (non-hydrogen) atoms. The van der Waals surface area contributed by atoms with Crippen LogP contribution in [0, 0.1) is 5.92 Å². The molecule has 0 saturated heterocycles. The van der Waals surface area contributed by atoms with Crippen molar-refractivity contribution >= 4 is 12.6 Å². The van der Waals surface area contributed by atoms with Gasteiger partial charge in [0.2, 0.25) is 0 Å². The highest BCUT2D eigenvalue weighted by molar-refractivity contribution is 7.80. The smallest absolute Gasteiger partial charge is 0.00749 e. The van der Waals surface area contributed by atoms with Crippen molar-refractivity contribution in [3.8, 4) is 0 Å². The van der Waals surface area contributed by atoms with Crippen LogP contribution in [0.1, 0.15) is 25.7 Å². The molecular formula is C7H15NS. The zero-order valence-corrected chi connectivity index (χ0v) is 6.61. The highest BCUT2D eigenvalue weighted by atomic mass is 32.1. The molecule has 1 saturated carbocycles. The van der Waals surface area contributed by atoms with Crippen molar-refractivity contribution in [3.63, 3.8) is 0 Å². The quantitative estimate of drug-likeness (QED) is 0.536. The minimum absolute atomic E-state index is 0.441. The van der Waals surface area contributed by atoms with E-state index in [1.165, 1.54) is 25.7 Å². The summed E-state index contributed by atoms with van der Waals surface area (Å²) in [5.74, 6) is 1.67. The molecule has 0 aromatic carbocycles. The third-order valence-corrected chi connectivity index (χ3v) is 2.67. The molecule has 0 aliphatic heterocycles. The van der Waals surface area contributed by atoms with E-state index in [1.807, 2.05) is 0 Å². The van der Waals surface area contributed by atoms with E-state index in [2.05, 4.69) is 12.6 Å². The van der Waals surface area contributed by atoms with Gasteiger partial charge in [0.1, 0.15) is 0 Å². The molecule has 54 valence electrons. The van der Waals surface area contributed by atoms with Gasteiger partial charge in [-0.1, -0.05) is 12.8 Å². The van der Waals surface area contributed by atoms with Crippen molar-refractivity contribution in [1.82, 2.24) is 0 Å². The van der Waals surface area contributed by atoms with E-state index in [4.69, 9.17) is 5.73 Å². The SMILES string of the molecule is N[C@H]1CCCC[C@H]1CS. The first-order chi connectivity index (χ1) is 4.34. The van der Waals surface area contributed by atoms with E-state index in [-0.39, 0.29) is 0 Å². The van der Waals surface area contributed by atoms with E-state index < -0.39 is 0 Å². The molecule has 0 aromatic rings. The second-order valence-corrected chi connectivity index (χ2v) is 3.26. The summed E-state index contributed by atoms with van der Waals surface area (Å²) in [6.45, 7) is 0. The van der Waals surface area contributed by atoms with E-state index >= 15 is 0 Å². The maximum Gasteiger partial charge on any atom is 0.00749 e. The lowest BCUT2D eigenvalue weighted by molar-refractivity contribution is 0.336. The first kappa shape index (κ1) is 7.42. The molecule has 1 nitrogen and oxygen atoms in total. The van der Waals surface area contributed by atoms with E-state index in [1.54, 1.807) is 0 Å². The largest absolute Gasteiger partial charge is 0.327 e. The molecule has 0 radical (unpaired) electrons. The summed E-state index contributed by atoms with van der Waals surface area (Å²) < 4.78 is 0. The van der Waals surface area contributed by atoms with Crippen LogP contribution in [0.4, 0.5) is 0 Å². The van der Waals surface area contributed by atoms with Crippen molar-refractivity contribution in [2.24, 2.45) is 11.7 Å². The molecule has 2 N–H and O–H groups in total. The Kier molecular flexibility index (Phi) is 2.86. The third-order valence-electron chi connectivity index (χ3n) is 2.20. The van der Waals surface area contributed by atoms with Gasteiger partial charge in [0, 0.05) is 6.04 Å². The normalized spacial score (nSPS) is 36.7. The molecule has 0 aromatic heterocycles. The first-order valence-electron chi connectivity index (χ1n) is 3.71. The molecule has 1 aliphatic rings. The lowest BCUT2D eigenvalue weighted by Gasteiger charge is -2.26. The lowest BCUT2D eigenvalue weighted by atomic mass is 9.86. The van der Waals surface area contributed by atoms with Gasteiger partial charge in [-0.3, -0.25) is 0 Å². The van der Waals surface area contributed by atoms with Gasteiger partial charge in [0.15, 0.2) is 0 Å². The Labute approximate surface area is 62.4 Å². The Balaban J connectivity index is 2.30. The zero-order valence-electron chi connectivity index (χ0n) is 5.71. The summed E-state index contributed by atoms with van der Waals surface area (Å²) in [4.78, 5) is 0. The van der Waals surface area contributed by atoms with Crippen LogP contribution in [0.15, 0.2) is 0 Å². The second-order valence-electron chi connectivity index (χ2n) is 2.89. The Morgan fingerprint density at radius 1 is 1.33 bits per heavy atom. The Morgan fingerprint density at radius 2 is 2.00 bits per heavy atom. The average Bonchev–Trinajstić information content (AvgIpc) is 1.89. The predicted molar refractivity (Wildman–Crippen MR) is 43.8 cm³/mol. The van der Waals surface area contributed by atoms with Crippen molar-refractivity contribution in [3.05, 3.63) is 0 Å². The van der Waals surface area contributed by atoms with E-state index in [0.29, 0.717) is 12.0 Å². The van der Waals surface area contributed by atoms with Gasteiger partial charge in [0.05, 0.1) is 0 Å². The van der Waals surface area contributed by atoms with Crippen LogP contribution in [-0.2, 0) is 0 Å². The van der Waals surface area contributed by atoms with Gasteiger partial charge in [-0.25, -0.2) is 0 Å². The monoisotopic (exact) mass is 145 g/mol. The maximum absolute atomic E-state index is 5.84. The average molecular weight is 145 g/mol. The molecule has 2 atom stereocenters. The molecule has 0 heterocycles. The summed E-state index contributed by atoms with van der Waals surface area (Å²) in [6, 6.07) is 0.441. The summed E-state index contributed by atoms with van der Waals surface area (Å²) in [7, 11) is 0. The molecule has 0 unspecified atom stereocenters. The van der Waals surface area contributed by atoms with Crippen LogP contribution < -0.4 is 5.73 Å². The molecule has 1 rings (SSSR count). The fourth-order valence-electron chi connectivity index (χ4n) is 1.46. The molecule has 2 heteroatoms. The molecule has 0 spiro atoms. The fraction of sp³-hybridized carbons (Fsp3) is 1.00. The number of nitrogens with two attached hydrogens (primary N) is 1. The molecule has 0 amide bonds. The minimum Gasteiger partial charge on any atom is -0.327 e. The standard InChI is InChI=1S/C7H15NS/c8-7-4-2-1-3-6(7)5-9/h6-7,9H,1-5,8H2/t6-,7-/m0/s1. The predicted octanol–water partition coefficient (Wildman–Crippen LogP) is 1.43. The number of hydrogen-bond acceptors (Lipinski definition) is 2. The fourth-order valence-corrected chi connectivity index (χ4v) is 1.92. The Hall–Kier alpha value is 0.310. The number of rotatable bonds is 1. The van der Waals surface area contributed by atoms with Crippen LogP contribution in [0.2, 0.25) is 0 Å². The van der Waals surface area contributed by atoms with Gasteiger partial charge >= 0.3 is 0 Å². The van der Waals surface area contributed by atoms with Gasteiger partial charge in [-0.2, -0.15) is 12.6 Å². The van der Waals surface area contributed by atoms with Gasteiger partial charge < -0.3 is 5.73 Å². The van der Waals surface area contributed by atoms with Crippen molar-refractivity contribution in [2.45, 2.75) is 31.7 Å². The minimum atomic E-state index is 0.441. The number of hydrogen-bond donors (Lipinski definition) is 2. The van der Waals surface area contributed by atoms with Crippen molar-refractivity contribution in [2.75, 3.05) is 5.75 Å². The Bertz CT molecular complexity index is 85.0. The van der Waals surface area contributed by atoms with Crippen molar-refractivity contribution < 1.29 is 0 Å². The summed E-state index contributed by atoms with van der Waals surface area (Å²) >= 11 is 4.24. The van der Waals surface area contributed by atoms with Gasteiger partial charge in [0.25, 0.3) is 0 Å². The number of thiol groups is 1. The lowest BCUT2D eigenvalue weighted by Crippen LogP contribution is -2.33. The van der Waals surface area contributed by atoms with Gasteiger partial charge in [-0.05, 0) is 24.5 Å². The van der Waals surface area contributed by atoms with Crippen LogP contribution in [0.25, 0.3) is 0 Å². The Morgan fingerprint density at radius 3 is 2.44 bits per heavy atom. The molecular weight excluding hydrogens is 130 g/mol. The van der Waals surface area contributed by atoms with Crippen LogP contribution in [0.5, 0.6) is 0 Å². The molecule has 1 fully saturated rings. The summed E-state index contributed by atoms with van der Waals surface area (Å²) in [5.41, 5.74) is 5.84. The van der Waals surface area contributed by atoms with E-state index in [0.717, 1.165) is 5.75 Å².